The summed E-state index contributed by atoms with van der Waals surface area (Å²) in [5.41, 5.74) is 2.19. The Balaban J connectivity index is 2.00. The third-order valence-corrected chi connectivity index (χ3v) is 5.02. The maximum atomic E-state index is 13.5. The minimum atomic E-state index is -0.342. The van der Waals surface area contributed by atoms with Crippen molar-refractivity contribution >= 4 is 17.4 Å². The highest BCUT2D eigenvalue weighted by atomic mass is 16.5. The van der Waals surface area contributed by atoms with Gasteiger partial charge in [-0.15, -0.1) is 0 Å². The predicted octanol–water partition coefficient (Wildman–Crippen LogP) is 4.06. The summed E-state index contributed by atoms with van der Waals surface area (Å²) in [6.45, 7) is 4.46. The molecule has 5 heteroatoms. The Morgan fingerprint density at radius 1 is 1.04 bits per heavy atom. The van der Waals surface area contributed by atoms with E-state index < -0.39 is 0 Å². The van der Waals surface area contributed by atoms with Crippen molar-refractivity contribution in [3.63, 3.8) is 0 Å². The fraction of sp³-hybridized carbons (Fsp3) is 0.364. The lowest BCUT2D eigenvalue weighted by Gasteiger charge is -2.33. The summed E-state index contributed by atoms with van der Waals surface area (Å²) >= 11 is 0. The van der Waals surface area contributed by atoms with E-state index in [-0.39, 0.29) is 23.5 Å². The Morgan fingerprint density at radius 3 is 2.41 bits per heavy atom. The second-order valence-corrected chi connectivity index (χ2v) is 7.02. The van der Waals surface area contributed by atoms with E-state index in [0.717, 1.165) is 5.56 Å². The lowest BCUT2D eigenvalue weighted by Crippen LogP contribution is -2.41. The molecule has 5 nitrogen and oxygen atoms in total. The number of carbonyl (C=O) groups is 2. The molecule has 1 heterocycles. The fourth-order valence-electron chi connectivity index (χ4n) is 3.67. The van der Waals surface area contributed by atoms with Crippen molar-refractivity contribution in [2.45, 2.75) is 26.2 Å². The molecule has 0 N–H and O–H groups in total. The number of ketones is 1. The predicted molar refractivity (Wildman–Crippen MR) is 105 cm³/mol. The molecule has 0 aliphatic carbocycles. The van der Waals surface area contributed by atoms with Gasteiger partial charge in [0.25, 0.3) is 0 Å². The van der Waals surface area contributed by atoms with Crippen LogP contribution in [0, 0.1) is 5.92 Å². The summed E-state index contributed by atoms with van der Waals surface area (Å²) in [4.78, 5) is 27.5. The Labute approximate surface area is 159 Å². The molecular weight excluding hydrogens is 342 g/mol. The first-order valence-electron chi connectivity index (χ1n) is 9.13. The molecule has 0 saturated carbocycles. The molecule has 2 aromatic rings. The van der Waals surface area contributed by atoms with Crippen LogP contribution in [-0.4, -0.2) is 32.5 Å². The molecule has 0 bridgehead atoms. The maximum Gasteiger partial charge on any atom is 0.234 e. The van der Waals surface area contributed by atoms with Crippen molar-refractivity contribution in [3.05, 3.63) is 53.6 Å². The van der Waals surface area contributed by atoms with Crippen LogP contribution >= 0.6 is 0 Å². The zero-order valence-electron chi connectivity index (χ0n) is 16.2. The van der Waals surface area contributed by atoms with Gasteiger partial charge in [0.05, 0.1) is 25.8 Å². The summed E-state index contributed by atoms with van der Waals surface area (Å²) in [6, 6.07) is 12.9. The zero-order chi connectivity index (χ0) is 19.6. The van der Waals surface area contributed by atoms with Crippen LogP contribution in [0.15, 0.2) is 42.5 Å². The summed E-state index contributed by atoms with van der Waals surface area (Å²) in [5.74, 6) is 1.05. The van der Waals surface area contributed by atoms with E-state index >= 15 is 0 Å². The van der Waals surface area contributed by atoms with Crippen LogP contribution in [0.5, 0.6) is 11.5 Å². The van der Waals surface area contributed by atoms with Gasteiger partial charge in [0, 0.05) is 18.5 Å². The van der Waals surface area contributed by atoms with E-state index in [9.17, 15) is 9.59 Å². The minimum Gasteiger partial charge on any atom is -0.493 e. The Hall–Kier alpha value is -2.82. The first-order valence-corrected chi connectivity index (χ1v) is 9.13. The molecule has 0 radical (unpaired) electrons. The number of rotatable bonds is 5. The molecule has 0 aromatic heterocycles. The number of fused-ring (bicyclic) bond motifs is 1. The number of hydrogen-bond donors (Lipinski definition) is 0. The SMILES string of the molecule is COc1ccc(C(C(=O)N2CCC(=O)c3ccccc32)C(C)C)cc1OC. The van der Waals surface area contributed by atoms with Crippen molar-refractivity contribution in [3.8, 4) is 11.5 Å². The number of Topliss-reactive ketones (excluding diaryl/α,β-unsaturated/α-hetero) is 1. The summed E-state index contributed by atoms with van der Waals surface area (Å²) < 4.78 is 10.7. The monoisotopic (exact) mass is 367 g/mol. The molecule has 1 aliphatic heterocycles. The van der Waals surface area contributed by atoms with Gasteiger partial charge < -0.3 is 14.4 Å². The van der Waals surface area contributed by atoms with Crippen LogP contribution in [0.3, 0.4) is 0 Å². The van der Waals surface area contributed by atoms with Gasteiger partial charge in [0.1, 0.15) is 0 Å². The number of para-hydroxylation sites is 1. The standard InChI is InChI=1S/C22H25NO4/c1-14(2)21(15-9-10-19(26-3)20(13-15)27-4)22(25)23-12-11-18(24)16-7-5-6-8-17(16)23/h5-10,13-14,21H,11-12H2,1-4H3. The van der Waals surface area contributed by atoms with Gasteiger partial charge >= 0.3 is 0 Å². The summed E-state index contributed by atoms with van der Waals surface area (Å²) in [5, 5.41) is 0. The van der Waals surface area contributed by atoms with Crippen LogP contribution in [0.4, 0.5) is 5.69 Å². The van der Waals surface area contributed by atoms with E-state index in [1.165, 1.54) is 0 Å². The van der Waals surface area contributed by atoms with E-state index in [1.54, 1.807) is 25.2 Å². The molecule has 2 aromatic carbocycles. The van der Waals surface area contributed by atoms with E-state index in [1.807, 2.05) is 50.2 Å². The number of methoxy groups -OCH3 is 2. The normalized spacial score (nSPS) is 14.7. The highest BCUT2D eigenvalue weighted by Crippen LogP contribution is 2.36. The van der Waals surface area contributed by atoms with Crippen molar-refractivity contribution in [1.29, 1.82) is 0 Å². The molecule has 0 spiro atoms. The van der Waals surface area contributed by atoms with E-state index in [0.29, 0.717) is 35.7 Å². The molecule has 0 saturated heterocycles. The number of benzene rings is 2. The smallest absolute Gasteiger partial charge is 0.234 e. The summed E-state index contributed by atoms with van der Waals surface area (Å²) in [6.07, 6.45) is 0.347. The number of ether oxygens (including phenoxy) is 2. The molecule has 142 valence electrons. The first-order chi connectivity index (χ1) is 13.0. The molecule has 1 unspecified atom stereocenters. The van der Waals surface area contributed by atoms with Crippen molar-refractivity contribution in [2.75, 3.05) is 25.7 Å². The van der Waals surface area contributed by atoms with Gasteiger partial charge in [-0.25, -0.2) is 0 Å². The molecule has 1 atom stereocenters. The fourth-order valence-corrected chi connectivity index (χ4v) is 3.67. The first kappa shape index (κ1) is 19.0. The van der Waals surface area contributed by atoms with Crippen LogP contribution in [-0.2, 0) is 4.79 Å². The average molecular weight is 367 g/mol. The number of carbonyl (C=O) groups excluding carboxylic acids is 2. The molecular formula is C22H25NO4. The van der Waals surface area contributed by atoms with Gasteiger partial charge in [0.15, 0.2) is 17.3 Å². The molecule has 3 rings (SSSR count). The van der Waals surface area contributed by atoms with Crippen molar-refractivity contribution < 1.29 is 19.1 Å². The van der Waals surface area contributed by atoms with Gasteiger partial charge in [-0.05, 0) is 35.7 Å². The van der Waals surface area contributed by atoms with Crippen LogP contribution in [0.25, 0.3) is 0 Å². The largest absolute Gasteiger partial charge is 0.493 e. The van der Waals surface area contributed by atoms with Crippen molar-refractivity contribution in [2.24, 2.45) is 5.92 Å². The van der Waals surface area contributed by atoms with Gasteiger partial charge in [0.2, 0.25) is 5.91 Å². The van der Waals surface area contributed by atoms with E-state index in [4.69, 9.17) is 9.47 Å². The summed E-state index contributed by atoms with van der Waals surface area (Å²) in [7, 11) is 3.17. The second kappa shape index (κ2) is 7.82. The van der Waals surface area contributed by atoms with Crippen LogP contribution in [0.2, 0.25) is 0 Å². The van der Waals surface area contributed by atoms with Crippen molar-refractivity contribution in [1.82, 2.24) is 0 Å². The third-order valence-electron chi connectivity index (χ3n) is 5.02. The zero-order valence-corrected chi connectivity index (χ0v) is 16.2. The highest BCUT2D eigenvalue weighted by Gasteiger charge is 2.34. The molecule has 1 amide bonds. The lowest BCUT2D eigenvalue weighted by molar-refractivity contribution is -0.121. The van der Waals surface area contributed by atoms with E-state index in [2.05, 4.69) is 0 Å². The number of hydrogen-bond acceptors (Lipinski definition) is 4. The Morgan fingerprint density at radius 2 is 1.74 bits per heavy atom. The topological polar surface area (TPSA) is 55.8 Å². The average Bonchev–Trinajstić information content (AvgIpc) is 2.68. The number of nitrogens with zero attached hydrogens (tertiary/aromatic N) is 1. The maximum absolute atomic E-state index is 13.5. The molecule has 0 fully saturated rings. The number of amides is 1. The van der Waals surface area contributed by atoms with Gasteiger partial charge in [-0.1, -0.05) is 32.0 Å². The Bertz CT molecular complexity index is 859. The third kappa shape index (κ3) is 3.54. The van der Waals surface area contributed by atoms with Gasteiger partial charge in [-0.3, -0.25) is 9.59 Å². The molecule has 1 aliphatic rings. The highest BCUT2D eigenvalue weighted by molar-refractivity contribution is 6.10. The second-order valence-electron chi connectivity index (χ2n) is 7.02. The van der Waals surface area contributed by atoms with Crippen LogP contribution in [0.1, 0.15) is 42.1 Å². The van der Waals surface area contributed by atoms with Crippen LogP contribution < -0.4 is 14.4 Å². The lowest BCUT2D eigenvalue weighted by atomic mass is 9.86. The Kier molecular flexibility index (Phi) is 5.49. The minimum absolute atomic E-state index is 0.00262. The number of anilines is 1. The quantitative estimate of drug-likeness (QED) is 0.800. The molecule has 27 heavy (non-hydrogen) atoms. The van der Waals surface area contributed by atoms with Gasteiger partial charge in [-0.2, -0.15) is 0 Å².